The number of β-amino-alcohol motifs (C(OH)–C–C–N with tert-alkyl or cyclic N) is 1. The van der Waals surface area contributed by atoms with Gasteiger partial charge < -0.3 is 14.9 Å². The quantitative estimate of drug-likeness (QED) is 0.519. The van der Waals surface area contributed by atoms with Crippen molar-refractivity contribution in [2.45, 2.75) is 38.8 Å². The van der Waals surface area contributed by atoms with Crippen LogP contribution in [0, 0.1) is 6.92 Å². The molecular formula is C25H34N8O3. The van der Waals surface area contributed by atoms with Crippen LogP contribution in [0.15, 0.2) is 34.1 Å². The molecule has 0 bridgehead atoms. The van der Waals surface area contributed by atoms with E-state index in [1.54, 1.807) is 31.6 Å². The number of aliphatic hydroxyl groups is 1. The third kappa shape index (κ3) is 4.85. The van der Waals surface area contributed by atoms with Crippen LogP contribution in [-0.4, -0.2) is 86.2 Å². The molecule has 0 aromatic carbocycles. The number of piperazine rings is 1. The smallest absolute Gasteiger partial charge is 0.276 e. The predicted molar refractivity (Wildman–Crippen MR) is 139 cm³/mol. The van der Waals surface area contributed by atoms with Crippen LogP contribution in [-0.2, 0) is 13.6 Å². The Kier molecular flexibility index (Phi) is 7.01. The Bertz CT molecular complexity index is 1330. The highest BCUT2D eigenvalue weighted by Gasteiger charge is 2.24. The molecule has 0 aliphatic carbocycles. The molecule has 2 aliphatic heterocycles. The molecule has 2 fully saturated rings. The van der Waals surface area contributed by atoms with Crippen molar-refractivity contribution in [3.63, 3.8) is 0 Å². The van der Waals surface area contributed by atoms with Crippen molar-refractivity contribution in [3.8, 4) is 0 Å². The average molecular weight is 495 g/mol. The van der Waals surface area contributed by atoms with E-state index < -0.39 is 6.10 Å². The van der Waals surface area contributed by atoms with Crippen LogP contribution >= 0.6 is 0 Å². The first-order chi connectivity index (χ1) is 17.4. The third-order valence-electron chi connectivity index (χ3n) is 7.18. The molecule has 3 aromatic rings. The minimum atomic E-state index is -0.797. The molecule has 36 heavy (non-hydrogen) atoms. The fourth-order valence-electron chi connectivity index (χ4n) is 5.26. The summed E-state index contributed by atoms with van der Waals surface area (Å²) in [5.74, 6) is 1.32. The lowest BCUT2D eigenvalue weighted by Gasteiger charge is -2.35. The molecule has 192 valence electrons. The molecule has 2 saturated heterocycles. The molecule has 5 rings (SSSR count). The number of aryl methyl sites for hydroxylation is 1. The minimum absolute atomic E-state index is 0.0446. The van der Waals surface area contributed by atoms with Gasteiger partial charge in [-0.05, 0) is 38.3 Å². The van der Waals surface area contributed by atoms with Crippen molar-refractivity contribution in [3.05, 3.63) is 50.9 Å². The molecule has 5 heterocycles. The number of aliphatic hydroxyl groups excluding tert-OH is 1. The molecule has 1 unspecified atom stereocenters. The van der Waals surface area contributed by atoms with Gasteiger partial charge in [0.05, 0.1) is 23.4 Å². The molecule has 11 heteroatoms. The molecule has 1 N–H and O–H groups in total. The highest BCUT2D eigenvalue weighted by molar-refractivity contribution is 5.91. The molecule has 0 spiro atoms. The summed E-state index contributed by atoms with van der Waals surface area (Å²) < 4.78 is 2.70. The largest absolute Gasteiger partial charge is 0.390 e. The van der Waals surface area contributed by atoms with Crippen molar-refractivity contribution in [2.75, 3.05) is 55.6 Å². The Morgan fingerprint density at radius 1 is 0.917 bits per heavy atom. The van der Waals surface area contributed by atoms with Gasteiger partial charge in [-0.25, -0.2) is 19.6 Å². The topological polar surface area (TPSA) is 113 Å². The van der Waals surface area contributed by atoms with Crippen molar-refractivity contribution < 1.29 is 5.11 Å². The van der Waals surface area contributed by atoms with E-state index in [1.807, 2.05) is 6.92 Å². The number of aromatic nitrogens is 5. The van der Waals surface area contributed by atoms with Gasteiger partial charge in [-0.3, -0.25) is 19.2 Å². The van der Waals surface area contributed by atoms with Gasteiger partial charge >= 0.3 is 0 Å². The minimum Gasteiger partial charge on any atom is -0.390 e. The lowest BCUT2D eigenvalue weighted by molar-refractivity contribution is 0.0872. The first-order valence-corrected chi connectivity index (χ1v) is 12.7. The van der Waals surface area contributed by atoms with Crippen LogP contribution in [0.4, 0.5) is 11.8 Å². The molecule has 0 saturated carbocycles. The van der Waals surface area contributed by atoms with Crippen LogP contribution in [0.1, 0.15) is 25.0 Å². The number of rotatable bonds is 6. The van der Waals surface area contributed by atoms with E-state index >= 15 is 0 Å². The number of fused-ring (bicyclic) bond motifs is 1. The molecular weight excluding hydrogens is 460 g/mol. The van der Waals surface area contributed by atoms with Crippen LogP contribution in [0.2, 0.25) is 0 Å². The van der Waals surface area contributed by atoms with Crippen LogP contribution in [0.5, 0.6) is 0 Å². The molecule has 2 aliphatic rings. The Hall–Kier alpha value is -3.31. The number of anilines is 2. The second kappa shape index (κ2) is 10.4. The van der Waals surface area contributed by atoms with Gasteiger partial charge in [0.15, 0.2) is 0 Å². The van der Waals surface area contributed by atoms with Crippen molar-refractivity contribution in [1.29, 1.82) is 0 Å². The SMILES string of the molecule is Cc1cc2c(=O)n(CC(O)CN3CCN(c4ncccn4)CC3)n(C)c(=O)c2c(N2CCCCC2)n1. The summed E-state index contributed by atoms with van der Waals surface area (Å²) in [6.07, 6.45) is 5.93. The van der Waals surface area contributed by atoms with Crippen molar-refractivity contribution in [2.24, 2.45) is 7.05 Å². The Labute approximate surface area is 209 Å². The van der Waals surface area contributed by atoms with Gasteiger partial charge in [-0.2, -0.15) is 0 Å². The maximum Gasteiger partial charge on any atom is 0.276 e. The lowest BCUT2D eigenvalue weighted by atomic mass is 10.1. The van der Waals surface area contributed by atoms with Gasteiger partial charge in [0.2, 0.25) is 5.95 Å². The normalized spacial score (nSPS) is 18.1. The molecule has 11 nitrogen and oxygen atoms in total. The molecule has 0 amide bonds. The highest BCUT2D eigenvalue weighted by Crippen LogP contribution is 2.24. The van der Waals surface area contributed by atoms with Gasteiger partial charge in [-0.1, -0.05) is 0 Å². The summed E-state index contributed by atoms with van der Waals surface area (Å²) in [5, 5.41) is 11.6. The maximum atomic E-state index is 13.5. The Morgan fingerprint density at radius 3 is 2.31 bits per heavy atom. The lowest BCUT2D eigenvalue weighted by Crippen LogP contribution is -2.50. The predicted octanol–water partition coefficient (Wildman–Crippen LogP) is 0.367. The van der Waals surface area contributed by atoms with Gasteiger partial charge in [0, 0.05) is 70.9 Å². The number of pyridine rings is 1. The number of nitrogens with zero attached hydrogens (tertiary/aromatic N) is 8. The van der Waals surface area contributed by atoms with E-state index in [2.05, 4.69) is 29.7 Å². The zero-order valence-corrected chi connectivity index (χ0v) is 21.0. The monoisotopic (exact) mass is 494 g/mol. The summed E-state index contributed by atoms with van der Waals surface area (Å²) in [5.41, 5.74) is 0.170. The molecule has 0 radical (unpaired) electrons. The van der Waals surface area contributed by atoms with E-state index in [-0.39, 0.29) is 17.7 Å². The van der Waals surface area contributed by atoms with E-state index in [9.17, 15) is 14.7 Å². The van der Waals surface area contributed by atoms with Gasteiger partial charge in [0.1, 0.15) is 5.82 Å². The summed E-state index contributed by atoms with van der Waals surface area (Å²) in [7, 11) is 1.59. The van der Waals surface area contributed by atoms with E-state index in [0.29, 0.717) is 34.8 Å². The van der Waals surface area contributed by atoms with Gasteiger partial charge in [-0.15, -0.1) is 0 Å². The summed E-state index contributed by atoms with van der Waals surface area (Å²) in [6, 6.07) is 3.49. The number of hydrogen-bond acceptors (Lipinski definition) is 9. The molecule has 3 aromatic heterocycles. The molecule has 1 atom stereocenters. The average Bonchev–Trinajstić information content (AvgIpc) is 2.91. The van der Waals surface area contributed by atoms with Crippen molar-refractivity contribution >= 4 is 22.5 Å². The first-order valence-electron chi connectivity index (χ1n) is 12.7. The second-order valence-electron chi connectivity index (χ2n) is 9.76. The standard InChI is InChI=1S/C25H34N8O3/c1-18-15-20-21(22(28-18)31-9-4-3-5-10-31)24(36)29(2)33(23(20)35)17-19(34)16-30-11-13-32(14-12-30)25-26-7-6-8-27-25/h6-8,15,19,34H,3-5,9-14,16-17H2,1-2H3. The fraction of sp³-hybridized carbons (Fsp3) is 0.560. The fourth-order valence-corrected chi connectivity index (χ4v) is 5.26. The van der Waals surface area contributed by atoms with Crippen LogP contribution < -0.4 is 20.9 Å². The van der Waals surface area contributed by atoms with E-state index in [1.165, 1.54) is 9.36 Å². The zero-order chi connectivity index (χ0) is 25.2. The first kappa shape index (κ1) is 24.4. The Morgan fingerprint density at radius 2 is 1.61 bits per heavy atom. The summed E-state index contributed by atoms with van der Waals surface area (Å²) in [4.78, 5) is 46.7. The van der Waals surface area contributed by atoms with Crippen LogP contribution in [0.3, 0.4) is 0 Å². The second-order valence-corrected chi connectivity index (χ2v) is 9.76. The summed E-state index contributed by atoms with van der Waals surface area (Å²) >= 11 is 0. The van der Waals surface area contributed by atoms with E-state index in [0.717, 1.165) is 58.5 Å². The van der Waals surface area contributed by atoms with Crippen LogP contribution in [0.25, 0.3) is 10.8 Å². The highest BCUT2D eigenvalue weighted by atomic mass is 16.3. The summed E-state index contributed by atoms with van der Waals surface area (Å²) in [6.45, 7) is 7.01. The van der Waals surface area contributed by atoms with Crippen molar-refractivity contribution in [1.82, 2.24) is 29.2 Å². The third-order valence-corrected chi connectivity index (χ3v) is 7.18. The number of hydrogen-bond donors (Lipinski definition) is 1. The Balaban J connectivity index is 1.34. The number of piperidine rings is 1. The maximum absolute atomic E-state index is 13.5. The zero-order valence-electron chi connectivity index (χ0n) is 21.0. The van der Waals surface area contributed by atoms with Gasteiger partial charge in [0.25, 0.3) is 11.1 Å². The van der Waals surface area contributed by atoms with E-state index in [4.69, 9.17) is 0 Å².